The number of rotatable bonds is 8. The zero-order chi connectivity index (χ0) is 15.8. The number of likely N-dealkylation sites (N-methyl/N-ethyl adjacent to an activating group) is 1. The summed E-state index contributed by atoms with van der Waals surface area (Å²) in [7, 11) is 0. The molecule has 0 saturated carbocycles. The highest BCUT2D eigenvalue weighted by Crippen LogP contribution is 2.23. The SMILES string of the molecule is C=CCc1cc(Cl)ccc1OCCC[NH+]1CC[NH+](CC)CC1. The van der Waals surface area contributed by atoms with Crippen LogP contribution < -0.4 is 14.5 Å². The molecule has 0 bridgehead atoms. The van der Waals surface area contributed by atoms with E-state index < -0.39 is 0 Å². The zero-order valence-electron chi connectivity index (χ0n) is 13.7. The average Bonchev–Trinajstić information content (AvgIpc) is 2.54. The van der Waals surface area contributed by atoms with Crippen LogP contribution in [0.4, 0.5) is 0 Å². The number of quaternary nitrogens is 2. The number of allylic oxidation sites excluding steroid dienone is 1. The highest BCUT2D eigenvalue weighted by atomic mass is 35.5. The second-order valence-electron chi connectivity index (χ2n) is 6.05. The Labute approximate surface area is 139 Å². The zero-order valence-corrected chi connectivity index (χ0v) is 14.4. The van der Waals surface area contributed by atoms with Crippen molar-refractivity contribution in [2.24, 2.45) is 0 Å². The first-order valence-corrected chi connectivity index (χ1v) is 8.80. The van der Waals surface area contributed by atoms with Gasteiger partial charge in [0.25, 0.3) is 0 Å². The van der Waals surface area contributed by atoms with Crippen molar-refractivity contribution in [2.45, 2.75) is 19.8 Å². The maximum absolute atomic E-state index is 6.04. The highest BCUT2D eigenvalue weighted by molar-refractivity contribution is 6.30. The molecule has 4 heteroatoms. The molecule has 0 unspecified atom stereocenters. The molecule has 3 nitrogen and oxygen atoms in total. The third-order valence-electron chi connectivity index (χ3n) is 4.48. The van der Waals surface area contributed by atoms with Crippen molar-refractivity contribution in [2.75, 3.05) is 45.9 Å². The van der Waals surface area contributed by atoms with Gasteiger partial charge in [-0.2, -0.15) is 0 Å². The largest absolute Gasteiger partial charge is 0.493 e. The smallest absolute Gasteiger partial charge is 0.127 e. The lowest BCUT2D eigenvalue weighted by molar-refractivity contribution is -1.01. The van der Waals surface area contributed by atoms with Crippen LogP contribution in [-0.4, -0.2) is 45.9 Å². The second kappa shape index (κ2) is 9.19. The van der Waals surface area contributed by atoms with Crippen molar-refractivity contribution >= 4 is 11.6 Å². The van der Waals surface area contributed by atoms with Crippen LogP contribution in [0.15, 0.2) is 30.9 Å². The van der Waals surface area contributed by atoms with E-state index in [4.69, 9.17) is 16.3 Å². The number of ether oxygens (including phenoxy) is 1. The molecule has 1 aliphatic rings. The fraction of sp³-hybridized carbons (Fsp3) is 0.556. The molecule has 0 amide bonds. The minimum atomic E-state index is 0.755. The van der Waals surface area contributed by atoms with Gasteiger partial charge in [-0.1, -0.05) is 17.7 Å². The van der Waals surface area contributed by atoms with E-state index in [0.29, 0.717) is 0 Å². The molecule has 1 aromatic carbocycles. The molecule has 1 saturated heterocycles. The molecule has 2 N–H and O–H groups in total. The van der Waals surface area contributed by atoms with Gasteiger partial charge in [-0.05, 0) is 37.1 Å². The van der Waals surface area contributed by atoms with Gasteiger partial charge >= 0.3 is 0 Å². The number of hydrogen-bond donors (Lipinski definition) is 2. The van der Waals surface area contributed by atoms with Gasteiger partial charge < -0.3 is 14.5 Å². The van der Waals surface area contributed by atoms with E-state index in [1.807, 2.05) is 24.3 Å². The predicted molar refractivity (Wildman–Crippen MR) is 92.3 cm³/mol. The van der Waals surface area contributed by atoms with E-state index >= 15 is 0 Å². The van der Waals surface area contributed by atoms with Crippen molar-refractivity contribution in [1.29, 1.82) is 0 Å². The Kier molecular flexibility index (Phi) is 7.23. The summed E-state index contributed by atoms with van der Waals surface area (Å²) < 4.78 is 5.95. The van der Waals surface area contributed by atoms with E-state index in [2.05, 4.69) is 13.5 Å². The van der Waals surface area contributed by atoms with Gasteiger partial charge in [0, 0.05) is 11.4 Å². The lowest BCUT2D eigenvalue weighted by Gasteiger charge is -2.28. The van der Waals surface area contributed by atoms with Crippen LogP contribution in [0.25, 0.3) is 0 Å². The molecular weight excluding hydrogens is 296 g/mol. The van der Waals surface area contributed by atoms with Crippen molar-refractivity contribution in [3.05, 3.63) is 41.4 Å². The Bertz CT molecular complexity index is 470. The van der Waals surface area contributed by atoms with Crippen molar-refractivity contribution in [1.82, 2.24) is 0 Å². The molecule has 0 aliphatic carbocycles. The van der Waals surface area contributed by atoms with E-state index in [1.54, 1.807) is 9.80 Å². The van der Waals surface area contributed by atoms with Crippen LogP contribution >= 0.6 is 11.6 Å². The number of nitrogens with one attached hydrogen (secondary N) is 2. The first-order chi connectivity index (χ1) is 10.7. The summed E-state index contributed by atoms with van der Waals surface area (Å²) in [4.78, 5) is 3.47. The van der Waals surface area contributed by atoms with Gasteiger partial charge in [0.2, 0.25) is 0 Å². The lowest BCUT2D eigenvalue weighted by atomic mass is 10.1. The standard InChI is InChI=1S/C18H27ClN2O/c1-3-6-16-15-17(19)7-8-18(16)22-14-5-9-21-12-10-20(4-2)11-13-21/h3,7-8,15H,1,4-6,9-14H2,2H3/p+2. The van der Waals surface area contributed by atoms with Crippen LogP contribution in [-0.2, 0) is 6.42 Å². The summed E-state index contributed by atoms with van der Waals surface area (Å²) in [6, 6.07) is 5.83. The molecule has 1 aromatic rings. The second-order valence-corrected chi connectivity index (χ2v) is 6.49. The number of hydrogen-bond acceptors (Lipinski definition) is 1. The van der Waals surface area contributed by atoms with Crippen molar-refractivity contribution in [3.8, 4) is 5.75 Å². The number of halogens is 1. The lowest BCUT2D eigenvalue weighted by Crippen LogP contribution is -3.28. The third-order valence-corrected chi connectivity index (χ3v) is 4.72. The van der Waals surface area contributed by atoms with Gasteiger partial charge in [0.05, 0.1) is 19.7 Å². The van der Waals surface area contributed by atoms with Crippen LogP contribution in [0, 0.1) is 0 Å². The van der Waals surface area contributed by atoms with Crippen LogP contribution in [0.1, 0.15) is 18.9 Å². The maximum Gasteiger partial charge on any atom is 0.127 e. The Morgan fingerprint density at radius 1 is 1.23 bits per heavy atom. The third kappa shape index (κ3) is 5.31. The molecule has 22 heavy (non-hydrogen) atoms. The molecule has 1 fully saturated rings. The molecule has 2 rings (SSSR count). The Balaban J connectivity index is 1.71. The molecule has 0 atom stereocenters. The van der Waals surface area contributed by atoms with E-state index in [9.17, 15) is 0 Å². The van der Waals surface area contributed by atoms with Crippen LogP contribution in [0.3, 0.4) is 0 Å². The number of benzene rings is 1. The monoisotopic (exact) mass is 324 g/mol. The number of piperazine rings is 1. The summed E-state index contributed by atoms with van der Waals surface area (Å²) >= 11 is 6.04. The molecule has 1 aliphatic heterocycles. The van der Waals surface area contributed by atoms with Gasteiger partial charge in [-0.15, -0.1) is 6.58 Å². The molecule has 122 valence electrons. The van der Waals surface area contributed by atoms with Crippen LogP contribution in [0.2, 0.25) is 5.02 Å². The highest BCUT2D eigenvalue weighted by Gasteiger charge is 2.20. The van der Waals surface area contributed by atoms with Crippen LogP contribution in [0.5, 0.6) is 5.75 Å². The molecule has 0 aromatic heterocycles. The van der Waals surface area contributed by atoms with E-state index in [1.165, 1.54) is 39.3 Å². The molecule has 0 spiro atoms. The molecular formula is C18H29ClN2O+2. The minimum absolute atomic E-state index is 0.755. The molecule has 0 radical (unpaired) electrons. The first kappa shape index (κ1) is 17.3. The van der Waals surface area contributed by atoms with Crippen molar-refractivity contribution in [3.63, 3.8) is 0 Å². The summed E-state index contributed by atoms with van der Waals surface area (Å²) in [6.45, 7) is 14.5. The summed E-state index contributed by atoms with van der Waals surface area (Å²) in [5.74, 6) is 0.944. The van der Waals surface area contributed by atoms with Gasteiger partial charge in [-0.3, -0.25) is 0 Å². The fourth-order valence-electron chi connectivity index (χ4n) is 3.07. The van der Waals surface area contributed by atoms with Gasteiger partial charge in [-0.25, -0.2) is 0 Å². The predicted octanol–water partition coefficient (Wildman–Crippen LogP) is 0.641. The fourth-order valence-corrected chi connectivity index (χ4v) is 3.26. The maximum atomic E-state index is 6.04. The van der Waals surface area contributed by atoms with Gasteiger partial charge in [0.15, 0.2) is 0 Å². The summed E-state index contributed by atoms with van der Waals surface area (Å²) in [5.41, 5.74) is 1.12. The van der Waals surface area contributed by atoms with E-state index in [0.717, 1.165) is 35.8 Å². The van der Waals surface area contributed by atoms with Gasteiger partial charge in [0.1, 0.15) is 31.9 Å². The Morgan fingerprint density at radius 3 is 2.64 bits per heavy atom. The quantitative estimate of drug-likeness (QED) is 0.530. The topological polar surface area (TPSA) is 18.1 Å². The van der Waals surface area contributed by atoms with Crippen molar-refractivity contribution < 1.29 is 14.5 Å². The summed E-state index contributed by atoms with van der Waals surface area (Å²) in [6.07, 6.45) is 3.79. The Morgan fingerprint density at radius 2 is 1.95 bits per heavy atom. The summed E-state index contributed by atoms with van der Waals surface area (Å²) in [5, 5.41) is 0.755. The first-order valence-electron chi connectivity index (χ1n) is 8.42. The molecule has 1 heterocycles. The van der Waals surface area contributed by atoms with E-state index in [-0.39, 0.29) is 0 Å². The minimum Gasteiger partial charge on any atom is -0.493 e. The Hall–Kier alpha value is -1.03. The average molecular weight is 325 g/mol. The normalized spacial score (nSPS) is 21.5.